The Morgan fingerprint density at radius 1 is 0.651 bits per heavy atom. The number of carboxylic acids is 1. The van der Waals surface area contributed by atoms with Crippen LogP contribution in [0, 0.1) is 0 Å². The minimum Gasteiger partial charge on any atom is -0.494 e. The van der Waals surface area contributed by atoms with Crippen molar-refractivity contribution in [3.05, 3.63) is 77.9 Å². The number of rotatable bonds is 20. The molecule has 1 N–H and O–H groups in total. The molecule has 43 heavy (non-hydrogen) atoms. The molecule has 0 radical (unpaired) electrons. The Morgan fingerprint density at radius 3 is 1.79 bits per heavy atom. The minimum atomic E-state index is -0.950. The van der Waals surface area contributed by atoms with Gasteiger partial charge < -0.3 is 14.6 Å². The normalized spacial score (nSPS) is 11.7. The summed E-state index contributed by atoms with van der Waals surface area (Å²) in [7, 11) is 0. The first-order chi connectivity index (χ1) is 20.9. The number of hydrogen-bond donors (Lipinski definition) is 1. The topological polar surface area (TPSA) is 72.8 Å². The predicted octanol–water partition coefficient (Wildman–Crippen LogP) is 10.8. The van der Waals surface area contributed by atoms with Crippen molar-refractivity contribution in [1.82, 2.24) is 0 Å². The highest BCUT2D eigenvalue weighted by molar-refractivity contribution is 5.92. The molecule has 0 fully saturated rings. The average molecular weight is 587 g/mol. The van der Waals surface area contributed by atoms with E-state index in [0.29, 0.717) is 12.2 Å². The summed E-state index contributed by atoms with van der Waals surface area (Å²) in [4.78, 5) is 24.2. The standard InChI is InChI=1S/C38H50O5/c1-4-6-8-10-11-12-13-15-27-42-34-25-26-35(30-17-21-32(22-18-30)37(39)40)36(28-34)31-19-23-33(24-20-31)38(41)43-29(3)16-14-9-7-5-2/h17-26,28-29H,4-16,27H2,1-3H3,(H,39,40). The van der Waals surface area contributed by atoms with E-state index in [2.05, 4.69) is 13.8 Å². The van der Waals surface area contributed by atoms with Crippen LogP contribution in [0.15, 0.2) is 66.7 Å². The maximum atomic E-state index is 12.8. The number of unbranched alkanes of at least 4 members (excludes halogenated alkanes) is 10. The zero-order valence-electron chi connectivity index (χ0n) is 26.4. The summed E-state index contributed by atoms with van der Waals surface area (Å²) in [6.45, 7) is 7.06. The molecule has 0 heterocycles. The van der Waals surface area contributed by atoms with Gasteiger partial charge in [0.1, 0.15) is 5.75 Å². The Balaban J connectivity index is 1.71. The van der Waals surface area contributed by atoms with Crippen LogP contribution in [0.5, 0.6) is 5.75 Å². The lowest BCUT2D eigenvalue weighted by molar-refractivity contribution is 0.0319. The van der Waals surface area contributed by atoms with E-state index in [-0.39, 0.29) is 17.6 Å². The fourth-order valence-corrected chi connectivity index (χ4v) is 5.28. The van der Waals surface area contributed by atoms with Crippen molar-refractivity contribution in [2.24, 2.45) is 0 Å². The quantitative estimate of drug-likeness (QED) is 0.105. The van der Waals surface area contributed by atoms with Crippen molar-refractivity contribution in [2.45, 2.75) is 110 Å². The molecular weight excluding hydrogens is 536 g/mol. The van der Waals surface area contributed by atoms with Gasteiger partial charge in [0.15, 0.2) is 0 Å². The lowest BCUT2D eigenvalue weighted by atomic mass is 9.93. The molecule has 3 aromatic carbocycles. The minimum absolute atomic E-state index is 0.112. The number of benzene rings is 3. The number of carbonyl (C=O) groups is 2. The van der Waals surface area contributed by atoms with Gasteiger partial charge in [0.2, 0.25) is 0 Å². The second kappa shape index (κ2) is 18.8. The van der Waals surface area contributed by atoms with E-state index in [1.165, 1.54) is 57.8 Å². The van der Waals surface area contributed by atoms with E-state index < -0.39 is 5.97 Å². The summed E-state index contributed by atoms with van der Waals surface area (Å²) >= 11 is 0. The number of carbonyl (C=O) groups excluding carboxylic acids is 1. The molecular formula is C38H50O5. The number of aromatic carboxylic acids is 1. The first-order valence-corrected chi connectivity index (χ1v) is 16.3. The fourth-order valence-electron chi connectivity index (χ4n) is 5.28. The Labute approximate surface area is 258 Å². The van der Waals surface area contributed by atoms with Crippen LogP contribution in [0.4, 0.5) is 0 Å². The molecule has 5 heteroatoms. The summed E-state index contributed by atoms with van der Waals surface area (Å²) in [5.41, 5.74) is 4.55. The third-order valence-corrected chi connectivity index (χ3v) is 7.90. The molecule has 0 amide bonds. The van der Waals surface area contributed by atoms with E-state index in [0.717, 1.165) is 53.7 Å². The molecule has 3 aromatic rings. The van der Waals surface area contributed by atoms with Crippen LogP contribution in [0.2, 0.25) is 0 Å². The highest BCUT2D eigenvalue weighted by Crippen LogP contribution is 2.35. The van der Waals surface area contributed by atoms with Gasteiger partial charge in [-0.3, -0.25) is 0 Å². The molecule has 0 saturated heterocycles. The maximum Gasteiger partial charge on any atom is 0.338 e. The zero-order chi connectivity index (χ0) is 30.9. The number of ether oxygens (including phenoxy) is 2. The van der Waals surface area contributed by atoms with Crippen LogP contribution < -0.4 is 4.74 Å². The molecule has 3 rings (SSSR count). The molecule has 0 aromatic heterocycles. The fraction of sp³-hybridized carbons (Fsp3) is 0.474. The van der Waals surface area contributed by atoms with Gasteiger partial charge in [-0.2, -0.15) is 0 Å². The van der Waals surface area contributed by atoms with Gasteiger partial charge >= 0.3 is 11.9 Å². The lowest BCUT2D eigenvalue weighted by Gasteiger charge is -2.15. The zero-order valence-corrected chi connectivity index (χ0v) is 26.4. The van der Waals surface area contributed by atoms with Crippen molar-refractivity contribution in [3.8, 4) is 28.0 Å². The number of hydrogen-bond acceptors (Lipinski definition) is 4. The lowest BCUT2D eigenvalue weighted by Crippen LogP contribution is -2.15. The van der Waals surface area contributed by atoms with Crippen molar-refractivity contribution in [2.75, 3.05) is 6.61 Å². The second-order valence-corrected chi connectivity index (χ2v) is 11.6. The Bertz CT molecular complexity index is 1250. The smallest absolute Gasteiger partial charge is 0.338 e. The van der Waals surface area contributed by atoms with E-state index >= 15 is 0 Å². The Morgan fingerprint density at radius 2 is 1.19 bits per heavy atom. The van der Waals surface area contributed by atoms with Crippen LogP contribution in [0.1, 0.15) is 125 Å². The summed E-state index contributed by atoms with van der Waals surface area (Å²) in [5, 5.41) is 9.34. The van der Waals surface area contributed by atoms with Crippen molar-refractivity contribution >= 4 is 11.9 Å². The van der Waals surface area contributed by atoms with Gasteiger partial charge in [0.25, 0.3) is 0 Å². The Hall–Kier alpha value is -3.60. The van der Waals surface area contributed by atoms with Crippen molar-refractivity contribution < 1.29 is 24.2 Å². The largest absolute Gasteiger partial charge is 0.494 e. The van der Waals surface area contributed by atoms with Gasteiger partial charge in [-0.1, -0.05) is 108 Å². The summed E-state index contributed by atoms with van der Waals surface area (Å²) < 4.78 is 11.9. The SMILES string of the molecule is CCCCCCCCCCOc1ccc(-c2ccc(C(=O)O)cc2)c(-c2ccc(C(=O)OC(C)CCCCCC)cc2)c1. The molecule has 0 bridgehead atoms. The highest BCUT2D eigenvalue weighted by atomic mass is 16.5. The molecule has 1 atom stereocenters. The Kier molecular flexibility index (Phi) is 14.8. The van der Waals surface area contributed by atoms with Crippen LogP contribution >= 0.6 is 0 Å². The van der Waals surface area contributed by atoms with Crippen LogP contribution in [0.25, 0.3) is 22.3 Å². The molecule has 0 saturated carbocycles. The first kappa shape index (κ1) is 33.9. The van der Waals surface area contributed by atoms with Crippen molar-refractivity contribution in [1.29, 1.82) is 0 Å². The van der Waals surface area contributed by atoms with E-state index in [4.69, 9.17) is 9.47 Å². The number of carboxylic acid groups (broad SMARTS) is 1. The molecule has 1 unspecified atom stereocenters. The van der Waals surface area contributed by atoms with E-state index in [1.807, 2.05) is 61.5 Å². The second-order valence-electron chi connectivity index (χ2n) is 11.6. The summed E-state index contributed by atoms with van der Waals surface area (Å²) in [6, 6.07) is 20.4. The van der Waals surface area contributed by atoms with Gasteiger partial charge in [-0.25, -0.2) is 9.59 Å². The molecule has 0 spiro atoms. The van der Waals surface area contributed by atoms with Crippen LogP contribution in [-0.4, -0.2) is 29.8 Å². The molecule has 5 nitrogen and oxygen atoms in total. The van der Waals surface area contributed by atoms with Gasteiger partial charge in [0, 0.05) is 0 Å². The summed E-state index contributed by atoms with van der Waals surface area (Å²) in [5.74, 6) is -0.458. The van der Waals surface area contributed by atoms with Crippen LogP contribution in [0.3, 0.4) is 0 Å². The van der Waals surface area contributed by atoms with Crippen LogP contribution in [-0.2, 0) is 4.74 Å². The third-order valence-electron chi connectivity index (χ3n) is 7.90. The molecule has 0 aliphatic heterocycles. The highest BCUT2D eigenvalue weighted by Gasteiger charge is 2.15. The van der Waals surface area contributed by atoms with E-state index in [9.17, 15) is 14.7 Å². The summed E-state index contributed by atoms with van der Waals surface area (Å²) in [6.07, 6.45) is 15.4. The maximum absolute atomic E-state index is 12.8. The van der Waals surface area contributed by atoms with Gasteiger partial charge in [-0.05, 0) is 84.8 Å². The van der Waals surface area contributed by atoms with E-state index in [1.54, 1.807) is 12.1 Å². The molecule has 0 aliphatic carbocycles. The van der Waals surface area contributed by atoms with Gasteiger partial charge in [-0.15, -0.1) is 0 Å². The monoisotopic (exact) mass is 586 g/mol. The average Bonchev–Trinajstić information content (AvgIpc) is 3.02. The predicted molar refractivity (Wildman–Crippen MR) is 176 cm³/mol. The molecule has 232 valence electrons. The van der Waals surface area contributed by atoms with Crippen molar-refractivity contribution in [3.63, 3.8) is 0 Å². The molecule has 0 aliphatic rings. The van der Waals surface area contributed by atoms with Gasteiger partial charge in [0.05, 0.1) is 23.8 Å². The number of esters is 1. The third kappa shape index (κ3) is 11.5. The first-order valence-electron chi connectivity index (χ1n) is 16.3.